The molecule has 1 aromatic carbocycles. The molecule has 1 saturated heterocycles. The number of rotatable bonds is 5. The Morgan fingerprint density at radius 3 is 2.72 bits per heavy atom. The maximum absolute atomic E-state index is 12.3. The second-order valence-electron chi connectivity index (χ2n) is 5.99. The van der Waals surface area contributed by atoms with Crippen LogP contribution in [-0.2, 0) is 6.54 Å². The van der Waals surface area contributed by atoms with Crippen molar-refractivity contribution in [1.82, 2.24) is 20.4 Å². The zero-order valence-corrected chi connectivity index (χ0v) is 14.4. The number of aryl methyl sites for hydroxylation is 1. The van der Waals surface area contributed by atoms with Crippen molar-refractivity contribution in [3.63, 3.8) is 0 Å². The molecule has 25 heavy (non-hydrogen) atoms. The molecule has 1 aromatic heterocycles. The van der Waals surface area contributed by atoms with Gasteiger partial charge >= 0.3 is 6.03 Å². The van der Waals surface area contributed by atoms with Gasteiger partial charge in [0.15, 0.2) is 0 Å². The third-order valence-electron chi connectivity index (χ3n) is 4.10. The number of urea groups is 1. The van der Waals surface area contributed by atoms with E-state index < -0.39 is 0 Å². The highest BCUT2D eigenvalue weighted by atomic mass is 16.5. The van der Waals surface area contributed by atoms with Crippen LogP contribution >= 0.6 is 0 Å². The Balaban J connectivity index is 1.46. The van der Waals surface area contributed by atoms with Gasteiger partial charge in [0.2, 0.25) is 5.88 Å². The highest BCUT2D eigenvalue weighted by molar-refractivity contribution is 5.74. The van der Waals surface area contributed by atoms with Crippen molar-refractivity contribution in [2.24, 2.45) is 0 Å². The minimum absolute atomic E-state index is 0.0521. The van der Waals surface area contributed by atoms with Gasteiger partial charge in [-0.15, -0.1) is 5.10 Å². The van der Waals surface area contributed by atoms with Gasteiger partial charge in [0, 0.05) is 25.6 Å². The quantitative estimate of drug-likeness (QED) is 0.901. The molecule has 1 fully saturated rings. The number of hydrogen-bond acceptors (Lipinski definition) is 5. The lowest BCUT2D eigenvalue weighted by Gasteiger charge is -2.17. The molecule has 0 radical (unpaired) electrons. The molecule has 7 nitrogen and oxygen atoms in total. The summed E-state index contributed by atoms with van der Waals surface area (Å²) in [5.41, 5.74) is 1.87. The number of carbonyl (C=O) groups is 1. The van der Waals surface area contributed by atoms with E-state index in [0.717, 1.165) is 23.4 Å². The SMILES string of the molecule is COc1ccc(CNC(=O)N2CCC(Oc3ccc(C)nn3)C2)cc1. The van der Waals surface area contributed by atoms with Crippen LogP contribution in [0.1, 0.15) is 17.7 Å². The summed E-state index contributed by atoms with van der Waals surface area (Å²) in [6, 6.07) is 11.2. The normalized spacial score (nSPS) is 16.6. The van der Waals surface area contributed by atoms with E-state index in [1.165, 1.54) is 0 Å². The van der Waals surface area contributed by atoms with Gasteiger partial charge in [0.25, 0.3) is 0 Å². The van der Waals surface area contributed by atoms with Crippen molar-refractivity contribution in [3.8, 4) is 11.6 Å². The van der Waals surface area contributed by atoms with E-state index in [-0.39, 0.29) is 12.1 Å². The number of carbonyl (C=O) groups excluding carboxylic acids is 1. The Bertz CT molecular complexity index is 703. The number of methoxy groups -OCH3 is 1. The number of aromatic nitrogens is 2. The summed E-state index contributed by atoms with van der Waals surface area (Å²) >= 11 is 0. The molecule has 132 valence electrons. The summed E-state index contributed by atoms with van der Waals surface area (Å²) < 4.78 is 10.9. The molecule has 2 aromatic rings. The number of amides is 2. The van der Waals surface area contributed by atoms with Crippen LogP contribution in [0.2, 0.25) is 0 Å². The van der Waals surface area contributed by atoms with E-state index in [2.05, 4.69) is 15.5 Å². The maximum atomic E-state index is 12.3. The number of hydrogen-bond donors (Lipinski definition) is 1. The second kappa shape index (κ2) is 7.83. The number of likely N-dealkylation sites (tertiary alicyclic amines) is 1. The molecule has 2 amide bonds. The molecule has 2 heterocycles. The van der Waals surface area contributed by atoms with Crippen LogP contribution in [0.5, 0.6) is 11.6 Å². The fourth-order valence-corrected chi connectivity index (χ4v) is 2.66. The molecule has 1 aliphatic rings. The molecule has 0 spiro atoms. The first-order valence-electron chi connectivity index (χ1n) is 8.27. The molecule has 7 heteroatoms. The van der Waals surface area contributed by atoms with Crippen molar-refractivity contribution in [3.05, 3.63) is 47.7 Å². The summed E-state index contributed by atoms with van der Waals surface area (Å²) in [4.78, 5) is 14.1. The van der Waals surface area contributed by atoms with Crippen LogP contribution in [0.3, 0.4) is 0 Å². The Morgan fingerprint density at radius 1 is 1.24 bits per heavy atom. The fourth-order valence-electron chi connectivity index (χ4n) is 2.66. The first-order valence-corrected chi connectivity index (χ1v) is 8.27. The second-order valence-corrected chi connectivity index (χ2v) is 5.99. The van der Waals surface area contributed by atoms with Gasteiger partial charge in [-0.05, 0) is 30.7 Å². The Morgan fingerprint density at radius 2 is 2.04 bits per heavy atom. The molecule has 1 unspecified atom stereocenters. The molecule has 1 aliphatic heterocycles. The van der Waals surface area contributed by atoms with Crippen molar-refractivity contribution in [2.45, 2.75) is 26.0 Å². The Labute approximate surface area is 147 Å². The molecule has 1 atom stereocenters. The third kappa shape index (κ3) is 4.59. The predicted octanol–water partition coefficient (Wildman–Crippen LogP) is 2.16. The Kier molecular flexibility index (Phi) is 5.33. The summed E-state index contributed by atoms with van der Waals surface area (Å²) in [7, 11) is 1.63. The van der Waals surface area contributed by atoms with E-state index in [1.54, 1.807) is 18.1 Å². The zero-order valence-electron chi connectivity index (χ0n) is 14.4. The number of nitrogens with zero attached hydrogens (tertiary/aromatic N) is 3. The summed E-state index contributed by atoms with van der Waals surface area (Å²) in [5, 5.41) is 10.9. The monoisotopic (exact) mass is 342 g/mol. The van der Waals surface area contributed by atoms with Crippen LogP contribution in [0.4, 0.5) is 4.79 Å². The smallest absolute Gasteiger partial charge is 0.317 e. The summed E-state index contributed by atoms with van der Waals surface area (Å²) in [5.74, 6) is 1.30. The third-order valence-corrected chi connectivity index (χ3v) is 4.10. The van der Waals surface area contributed by atoms with E-state index in [1.807, 2.05) is 37.3 Å². The van der Waals surface area contributed by atoms with Gasteiger partial charge in [0.05, 0.1) is 19.3 Å². The minimum atomic E-state index is -0.0862. The molecule has 0 saturated carbocycles. The first kappa shape index (κ1) is 17.0. The topological polar surface area (TPSA) is 76.6 Å². The van der Waals surface area contributed by atoms with Crippen molar-refractivity contribution in [1.29, 1.82) is 0 Å². The van der Waals surface area contributed by atoms with E-state index in [4.69, 9.17) is 9.47 Å². The van der Waals surface area contributed by atoms with E-state index in [9.17, 15) is 4.79 Å². The van der Waals surface area contributed by atoms with Crippen LogP contribution in [0.15, 0.2) is 36.4 Å². The zero-order chi connectivity index (χ0) is 17.6. The summed E-state index contributed by atoms with van der Waals surface area (Å²) in [6.45, 7) is 3.57. The lowest BCUT2D eigenvalue weighted by atomic mass is 10.2. The average molecular weight is 342 g/mol. The van der Waals surface area contributed by atoms with Gasteiger partial charge in [0.1, 0.15) is 11.9 Å². The molecule has 0 aliphatic carbocycles. The van der Waals surface area contributed by atoms with E-state index >= 15 is 0 Å². The molecular formula is C18H22N4O3. The molecule has 3 rings (SSSR count). The lowest BCUT2D eigenvalue weighted by molar-refractivity contribution is 0.182. The summed E-state index contributed by atoms with van der Waals surface area (Å²) in [6.07, 6.45) is 0.731. The van der Waals surface area contributed by atoms with Crippen molar-refractivity contribution in [2.75, 3.05) is 20.2 Å². The van der Waals surface area contributed by atoms with Crippen LogP contribution < -0.4 is 14.8 Å². The number of benzene rings is 1. The van der Waals surface area contributed by atoms with Gasteiger partial charge < -0.3 is 19.7 Å². The van der Waals surface area contributed by atoms with E-state index in [0.29, 0.717) is 25.5 Å². The average Bonchev–Trinajstić information content (AvgIpc) is 3.10. The van der Waals surface area contributed by atoms with Crippen molar-refractivity contribution >= 4 is 6.03 Å². The lowest BCUT2D eigenvalue weighted by Crippen LogP contribution is -2.39. The maximum Gasteiger partial charge on any atom is 0.317 e. The molecular weight excluding hydrogens is 320 g/mol. The van der Waals surface area contributed by atoms with Gasteiger partial charge in [-0.25, -0.2) is 4.79 Å². The highest BCUT2D eigenvalue weighted by Crippen LogP contribution is 2.16. The number of ether oxygens (including phenoxy) is 2. The van der Waals surface area contributed by atoms with Crippen LogP contribution in [0.25, 0.3) is 0 Å². The Hall–Kier alpha value is -2.83. The first-order chi connectivity index (χ1) is 12.1. The van der Waals surface area contributed by atoms with Gasteiger partial charge in [-0.3, -0.25) is 0 Å². The molecule has 0 bridgehead atoms. The minimum Gasteiger partial charge on any atom is -0.497 e. The largest absolute Gasteiger partial charge is 0.497 e. The van der Waals surface area contributed by atoms with Gasteiger partial charge in [-0.1, -0.05) is 12.1 Å². The predicted molar refractivity (Wildman–Crippen MR) is 92.6 cm³/mol. The fraction of sp³-hybridized carbons (Fsp3) is 0.389. The van der Waals surface area contributed by atoms with Gasteiger partial charge in [-0.2, -0.15) is 5.10 Å². The highest BCUT2D eigenvalue weighted by Gasteiger charge is 2.27. The molecule has 1 N–H and O–H groups in total. The van der Waals surface area contributed by atoms with Crippen molar-refractivity contribution < 1.29 is 14.3 Å². The van der Waals surface area contributed by atoms with Crippen LogP contribution in [0, 0.1) is 6.92 Å². The number of nitrogens with one attached hydrogen (secondary N) is 1. The van der Waals surface area contributed by atoms with Crippen LogP contribution in [-0.4, -0.2) is 47.4 Å². The standard InChI is InChI=1S/C18H22N4O3/c1-13-3-8-17(21-20-13)25-16-9-10-22(12-16)18(23)19-11-14-4-6-15(24-2)7-5-14/h3-8,16H,9-12H2,1-2H3,(H,19,23).